The van der Waals surface area contributed by atoms with Crippen molar-refractivity contribution < 1.29 is 24.9 Å². The van der Waals surface area contributed by atoms with E-state index in [2.05, 4.69) is 21.7 Å². The van der Waals surface area contributed by atoms with Crippen molar-refractivity contribution >= 4 is 34.3 Å². The minimum Gasteiger partial charge on any atom is -0.506 e. The summed E-state index contributed by atoms with van der Waals surface area (Å²) < 4.78 is 0. The number of phenols is 1. The average molecular weight is 718 g/mol. The molecule has 1 atom stereocenters. The van der Waals surface area contributed by atoms with Gasteiger partial charge in [-0.3, -0.25) is 14.5 Å². The molecular weight excluding hydrogens is 670 g/mol. The van der Waals surface area contributed by atoms with Crippen LogP contribution in [-0.2, 0) is 17.8 Å². The van der Waals surface area contributed by atoms with Gasteiger partial charge in [-0.25, -0.2) is 4.79 Å². The number of aryl methyl sites for hydroxylation is 1. The zero-order valence-corrected chi connectivity index (χ0v) is 29.6. The zero-order valence-electron chi connectivity index (χ0n) is 29.6. The van der Waals surface area contributed by atoms with Crippen LogP contribution in [0.2, 0.25) is 0 Å². The van der Waals surface area contributed by atoms with E-state index in [1.54, 1.807) is 17.0 Å². The molecule has 1 saturated carbocycles. The number of carbonyl (C=O) groups is 2. The second-order valence-electron chi connectivity index (χ2n) is 13.8. The maximum Gasteiger partial charge on any atom is 0.412 e. The topological polar surface area (TPSA) is 181 Å². The first-order chi connectivity index (χ1) is 25.7. The number of aliphatic hydroxyl groups is 1. The Morgan fingerprint density at radius 1 is 0.887 bits per heavy atom. The summed E-state index contributed by atoms with van der Waals surface area (Å²) in [5, 5.41) is 38.1. The first kappa shape index (κ1) is 37.3. The molecule has 0 radical (unpaired) electrons. The number of nitrogens with zero attached hydrogens (tertiary/aromatic N) is 1. The van der Waals surface area contributed by atoms with Gasteiger partial charge in [-0.2, -0.15) is 0 Å². The molecule has 11 nitrogen and oxygen atoms in total. The molecular formula is C42H47N5O6. The number of anilines is 2. The number of aromatic amines is 1. The fourth-order valence-electron chi connectivity index (χ4n) is 7.17. The highest BCUT2D eigenvalue weighted by Crippen LogP contribution is 2.36. The van der Waals surface area contributed by atoms with E-state index >= 15 is 0 Å². The number of H-pyrrole nitrogens is 1. The summed E-state index contributed by atoms with van der Waals surface area (Å²) in [7, 11) is 0. The molecule has 53 heavy (non-hydrogen) atoms. The number of nitrogens with two attached hydrogens (primary N) is 1. The van der Waals surface area contributed by atoms with Crippen LogP contribution in [0.15, 0.2) is 102 Å². The third-order valence-corrected chi connectivity index (χ3v) is 10.0. The van der Waals surface area contributed by atoms with Crippen molar-refractivity contribution in [1.29, 1.82) is 0 Å². The summed E-state index contributed by atoms with van der Waals surface area (Å²) in [6, 6.07) is 29.5. The zero-order chi connectivity index (χ0) is 37.3. The summed E-state index contributed by atoms with van der Waals surface area (Å²) in [5.41, 5.74) is 11.9. The van der Waals surface area contributed by atoms with Crippen molar-refractivity contribution in [1.82, 2.24) is 10.3 Å². The number of pyridine rings is 1. The van der Waals surface area contributed by atoms with E-state index in [4.69, 9.17) is 5.73 Å². The van der Waals surface area contributed by atoms with Gasteiger partial charge in [-0.15, -0.1) is 0 Å². The van der Waals surface area contributed by atoms with Crippen LogP contribution in [-0.4, -0.2) is 50.9 Å². The lowest BCUT2D eigenvalue weighted by Gasteiger charge is -2.35. The Balaban J connectivity index is 0.987. The minimum atomic E-state index is -0.959. The number of unbranched alkanes of at least 4 members (excludes halogenated alkanes) is 1. The Labute approximate surface area is 308 Å². The number of aromatic nitrogens is 1. The highest BCUT2D eigenvalue weighted by Gasteiger charge is 2.30. The van der Waals surface area contributed by atoms with Gasteiger partial charge in [0.1, 0.15) is 5.75 Å². The molecule has 1 aliphatic rings. The summed E-state index contributed by atoms with van der Waals surface area (Å²) in [6.07, 6.45) is 3.78. The smallest absolute Gasteiger partial charge is 0.412 e. The fraction of sp³-hybridized carbons (Fsp3) is 0.310. The van der Waals surface area contributed by atoms with Crippen LogP contribution in [0.25, 0.3) is 22.0 Å². The van der Waals surface area contributed by atoms with Crippen LogP contribution < -0.4 is 26.8 Å². The number of phenolic OH excluding ortho intramolecular Hbond substituents is 1. The normalized spacial score (nSPS) is 16.3. The molecule has 6 rings (SSSR count). The molecule has 1 fully saturated rings. The van der Waals surface area contributed by atoms with E-state index in [0.29, 0.717) is 47.2 Å². The van der Waals surface area contributed by atoms with Gasteiger partial charge in [-0.1, -0.05) is 60.7 Å². The standard InChI is InChI=1S/C42H47N5O6/c43-30-13-17-32(18-14-30)47(42(52)53)36-24-27(12-19-33(36)29-7-2-1-3-8-29)6-4-5-9-39(50)45-31-15-10-28(11-16-31)25-44-26-38(49)34-20-22-37(48)41-35(34)21-23-40(51)46-41/h1-3,7-8,10-12,15-16,19-24,30,32,38,44,48-49H,4-6,9,13-14,17-18,25-26,43H2,(H,45,50)(H,46,51)(H,52,53)/t30?,32?,38-/m1/s1. The van der Waals surface area contributed by atoms with Gasteiger partial charge >= 0.3 is 6.09 Å². The number of aliphatic hydroxyl groups excluding tert-OH is 1. The monoisotopic (exact) mass is 717 g/mol. The molecule has 1 aromatic heterocycles. The Hall–Kier alpha value is -5.49. The summed E-state index contributed by atoms with van der Waals surface area (Å²) in [6.45, 7) is 0.745. The Morgan fingerprint density at radius 3 is 2.36 bits per heavy atom. The third kappa shape index (κ3) is 9.50. The lowest BCUT2D eigenvalue weighted by molar-refractivity contribution is -0.116. The molecule has 0 bridgehead atoms. The number of fused-ring (bicyclic) bond motifs is 1. The number of hydrogen-bond acceptors (Lipinski definition) is 7. The molecule has 1 heterocycles. The highest BCUT2D eigenvalue weighted by atomic mass is 16.4. The Morgan fingerprint density at radius 2 is 1.62 bits per heavy atom. The van der Waals surface area contributed by atoms with E-state index in [0.717, 1.165) is 60.8 Å². The molecule has 5 aromatic rings. The number of rotatable bonds is 14. The largest absolute Gasteiger partial charge is 0.506 e. The number of carbonyl (C=O) groups excluding carboxylic acids is 1. The van der Waals surface area contributed by atoms with Crippen LogP contribution in [0.5, 0.6) is 5.75 Å². The first-order valence-corrected chi connectivity index (χ1v) is 18.2. The van der Waals surface area contributed by atoms with Gasteiger partial charge in [0.25, 0.3) is 0 Å². The van der Waals surface area contributed by atoms with Crippen molar-refractivity contribution in [2.24, 2.45) is 5.73 Å². The van der Waals surface area contributed by atoms with E-state index < -0.39 is 12.2 Å². The minimum absolute atomic E-state index is 0.0558. The summed E-state index contributed by atoms with van der Waals surface area (Å²) in [5.74, 6) is -0.131. The SMILES string of the molecule is NC1CCC(N(C(=O)O)c2cc(CCCCC(=O)Nc3ccc(CNC[C@@H](O)c4ccc(O)c5[nH]c(=O)ccc45)cc3)ccc2-c2ccccc2)CC1. The predicted molar refractivity (Wildman–Crippen MR) is 208 cm³/mol. The van der Waals surface area contributed by atoms with E-state index in [-0.39, 0.29) is 35.8 Å². The van der Waals surface area contributed by atoms with Gasteiger partial charge in [0.15, 0.2) is 0 Å². The Kier molecular flexibility index (Phi) is 12.2. The van der Waals surface area contributed by atoms with Crippen molar-refractivity contribution in [3.05, 3.63) is 124 Å². The molecule has 0 spiro atoms. The third-order valence-electron chi connectivity index (χ3n) is 10.0. The van der Waals surface area contributed by atoms with Crippen LogP contribution in [0.1, 0.15) is 67.7 Å². The van der Waals surface area contributed by atoms with E-state index in [1.807, 2.05) is 66.7 Å². The quantitative estimate of drug-likeness (QED) is 0.0611. The second-order valence-corrected chi connectivity index (χ2v) is 13.8. The fourth-order valence-corrected chi connectivity index (χ4v) is 7.17. The Bertz CT molecular complexity index is 2080. The van der Waals surface area contributed by atoms with Gasteiger partial charge in [0.05, 0.1) is 17.3 Å². The van der Waals surface area contributed by atoms with Crippen LogP contribution in [0.4, 0.5) is 16.2 Å². The molecule has 1 aliphatic carbocycles. The van der Waals surface area contributed by atoms with Gasteiger partial charge in [0.2, 0.25) is 11.5 Å². The number of amides is 2. The van der Waals surface area contributed by atoms with Crippen LogP contribution in [0, 0.1) is 0 Å². The molecule has 4 aromatic carbocycles. The average Bonchev–Trinajstić information content (AvgIpc) is 3.15. The molecule has 0 aliphatic heterocycles. The molecule has 11 heteroatoms. The maximum absolute atomic E-state index is 12.8. The molecule has 0 unspecified atom stereocenters. The lowest BCUT2D eigenvalue weighted by Crippen LogP contribution is -2.44. The second kappa shape index (κ2) is 17.4. The summed E-state index contributed by atoms with van der Waals surface area (Å²) >= 11 is 0. The van der Waals surface area contributed by atoms with Crippen LogP contribution >= 0.6 is 0 Å². The van der Waals surface area contributed by atoms with Gasteiger partial charge < -0.3 is 36.7 Å². The van der Waals surface area contributed by atoms with Crippen molar-refractivity contribution in [3.8, 4) is 16.9 Å². The lowest BCUT2D eigenvalue weighted by atomic mass is 9.89. The number of benzene rings is 4. The van der Waals surface area contributed by atoms with Crippen LogP contribution in [0.3, 0.4) is 0 Å². The first-order valence-electron chi connectivity index (χ1n) is 18.2. The number of aromatic hydroxyl groups is 1. The van der Waals surface area contributed by atoms with E-state index in [9.17, 15) is 29.7 Å². The molecule has 8 N–H and O–H groups in total. The summed E-state index contributed by atoms with van der Waals surface area (Å²) in [4.78, 5) is 41.3. The van der Waals surface area contributed by atoms with Gasteiger partial charge in [-0.05, 0) is 97.5 Å². The van der Waals surface area contributed by atoms with Crippen molar-refractivity contribution in [3.63, 3.8) is 0 Å². The molecule has 276 valence electrons. The van der Waals surface area contributed by atoms with Crippen molar-refractivity contribution in [2.45, 2.75) is 76.1 Å². The predicted octanol–water partition coefficient (Wildman–Crippen LogP) is 6.83. The van der Waals surface area contributed by atoms with Gasteiger partial charge in [0, 0.05) is 54.3 Å². The number of carboxylic acid groups (broad SMARTS) is 1. The molecule has 0 saturated heterocycles. The molecule has 2 amide bonds. The number of hydrogen-bond donors (Lipinski definition) is 7. The van der Waals surface area contributed by atoms with E-state index in [1.165, 1.54) is 12.1 Å². The highest BCUT2D eigenvalue weighted by molar-refractivity contribution is 5.94. The maximum atomic E-state index is 12.8. The number of nitrogens with one attached hydrogen (secondary N) is 3. The van der Waals surface area contributed by atoms with Crippen molar-refractivity contribution in [2.75, 3.05) is 16.8 Å².